The van der Waals surface area contributed by atoms with Crippen LogP contribution in [0.15, 0.2) is 42.5 Å². The summed E-state index contributed by atoms with van der Waals surface area (Å²) in [6, 6.07) is 13.5. The number of methoxy groups -OCH3 is 1. The molecule has 0 fully saturated rings. The first-order valence-electron chi connectivity index (χ1n) is 6.45. The summed E-state index contributed by atoms with van der Waals surface area (Å²) in [4.78, 5) is 0. The van der Waals surface area contributed by atoms with Crippen molar-refractivity contribution in [1.82, 2.24) is 15.0 Å². The molecule has 0 spiro atoms. The maximum absolute atomic E-state index is 6.10. The van der Waals surface area contributed by atoms with Crippen molar-refractivity contribution < 1.29 is 4.74 Å². The van der Waals surface area contributed by atoms with E-state index in [0.717, 1.165) is 28.0 Å². The SMILES string of the molecule is COc1cccc(-n2nnc3ccccc32)c1[C@@H](C)N. The van der Waals surface area contributed by atoms with E-state index in [9.17, 15) is 0 Å². The summed E-state index contributed by atoms with van der Waals surface area (Å²) in [5.74, 6) is 0.761. The molecule has 1 atom stereocenters. The Bertz CT molecular complexity index is 748. The molecule has 0 radical (unpaired) electrons. The van der Waals surface area contributed by atoms with Gasteiger partial charge in [0.1, 0.15) is 11.3 Å². The van der Waals surface area contributed by atoms with Crippen molar-refractivity contribution in [3.8, 4) is 11.4 Å². The molecule has 1 heterocycles. The topological polar surface area (TPSA) is 66.0 Å². The molecular weight excluding hydrogens is 252 g/mol. The normalized spacial score (nSPS) is 12.6. The van der Waals surface area contributed by atoms with Crippen molar-refractivity contribution in [2.75, 3.05) is 7.11 Å². The maximum Gasteiger partial charge on any atom is 0.125 e. The van der Waals surface area contributed by atoms with E-state index in [2.05, 4.69) is 10.3 Å². The number of hydrogen-bond acceptors (Lipinski definition) is 4. The fourth-order valence-corrected chi connectivity index (χ4v) is 2.40. The van der Waals surface area contributed by atoms with Crippen molar-refractivity contribution >= 4 is 11.0 Å². The summed E-state index contributed by atoms with van der Waals surface area (Å²) in [6.45, 7) is 1.93. The minimum Gasteiger partial charge on any atom is -0.496 e. The Balaban J connectivity index is 2.29. The highest BCUT2D eigenvalue weighted by Crippen LogP contribution is 2.30. The Morgan fingerprint density at radius 2 is 1.95 bits per heavy atom. The Hall–Kier alpha value is -2.40. The van der Waals surface area contributed by atoms with Crippen LogP contribution >= 0.6 is 0 Å². The lowest BCUT2D eigenvalue weighted by atomic mass is 10.1. The van der Waals surface area contributed by atoms with E-state index in [0.29, 0.717) is 0 Å². The minimum atomic E-state index is -0.163. The van der Waals surface area contributed by atoms with E-state index in [1.54, 1.807) is 11.8 Å². The highest BCUT2D eigenvalue weighted by atomic mass is 16.5. The van der Waals surface area contributed by atoms with Crippen LogP contribution < -0.4 is 10.5 Å². The smallest absolute Gasteiger partial charge is 0.125 e. The summed E-state index contributed by atoms with van der Waals surface area (Å²) < 4.78 is 7.22. The molecule has 0 bridgehead atoms. The molecule has 0 aliphatic rings. The monoisotopic (exact) mass is 268 g/mol. The van der Waals surface area contributed by atoms with Crippen LogP contribution in [0.25, 0.3) is 16.7 Å². The van der Waals surface area contributed by atoms with Gasteiger partial charge in [-0.05, 0) is 31.2 Å². The summed E-state index contributed by atoms with van der Waals surface area (Å²) >= 11 is 0. The number of benzene rings is 2. The predicted molar refractivity (Wildman–Crippen MR) is 78.0 cm³/mol. The van der Waals surface area contributed by atoms with Gasteiger partial charge in [-0.1, -0.05) is 23.4 Å². The van der Waals surface area contributed by atoms with Gasteiger partial charge in [0.25, 0.3) is 0 Å². The molecule has 5 nitrogen and oxygen atoms in total. The fourth-order valence-electron chi connectivity index (χ4n) is 2.40. The molecule has 0 saturated heterocycles. The fraction of sp³-hybridized carbons (Fsp3) is 0.200. The molecule has 0 saturated carbocycles. The number of rotatable bonds is 3. The Kier molecular flexibility index (Phi) is 3.12. The van der Waals surface area contributed by atoms with Crippen molar-refractivity contribution in [3.63, 3.8) is 0 Å². The average Bonchev–Trinajstić information content (AvgIpc) is 2.90. The highest BCUT2D eigenvalue weighted by Gasteiger charge is 2.16. The largest absolute Gasteiger partial charge is 0.496 e. The van der Waals surface area contributed by atoms with E-state index in [-0.39, 0.29) is 6.04 Å². The number of nitrogens with zero attached hydrogens (tertiary/aromatic N) is 3. The van der Waals surface area contributed by atoms with Gasteiger partial charge in [0.15, 0.2) is 0 Å². The van der Waals surface area contributed by atoms with Crippen molar-refractivity contribution in [2.45, 2.75) is 13.0 Å². The molecule has 0 aliphatic carbocycles. The highest BCUT2D eigenvalue weighted by molar-refractivity contribution is 5.76. The van der Waals surface area contributed by atoms with Gasteiger partial charge in [-0.25, -0.2) is 4.68 Å². The standard InChI is InChI=1S/C15H16N4O/c1-10(16)15-13(8-5-9-14(15)20-2)19-12-7-4-3-6-11(12)17-18-19/h3-10H,16H2,1-2H3/t10-/m1/s1. The van der Waals surface area contributed by atoms with E-state index in [4.69, 9.17) is 10.5 Å². The zero-order valence-corrected chi connectivity index (χ0v) is 11.4. The zero-order chi connectivity index (χ0) is 14.1. The number of ether oxygens (including phenoxy) is 1. The van der Waals surface area contributed by atoms with Crippen LogP contribution in [0.4, 0.5) is 0 Å². The Morgan fingerprint density at radius 1 is 1.15 bits per heavy atom. The second-order valence-corrected chi connectivity index (χ2v) is 4.67. The van der Waals surface area contributed by atoms with Gasteiger partial charge in [0.2, 0.25) is 0 Å². The maximum atomic E-state index is 6.10. The summed E-state index contributed by atoms with van der Waals surface area (Å²) in [5.41, 5.74) is 9.72. The lowest BCUT2D eigenvalue weighted by Crippen LogP contribution is -2.12. The van der Waals surface area contributed by atoms with Gasteiger partial charge in [0, 0.05) is 11.6 Å². The molecule has 5 heteroatoms. The molecular formula is C15H16N4O. The summed E-state index contributed by atoms with van der Waals surface area (Å²) in [6.07, 6.45) is 0. The third kappa shape index (κ3) is 1.92. The quantitative estimate of drug-likeness (QED) is 0.792. The van der Waals surface area contributed by atoms with E-state index >= 15 is 0 Å². The molecule has 0 aliphatic heterocycles. The van der Waals surface area contributed by atoms with Crippen LogP contribution in [-0.4, -0.2) is 22.1 Å². The molecule has 1 aromatic heterocycles. The van der Waals surface area contributed by atoms with Crippen LogP contribution in [0.5, 0.6) is 5.75 Å². The van der Waals surface area contributed by atoms with Crippen LogP contribution in [0.1, 0.15) is 18.5 Å². The van der Waals surface area contributed by atoms with Crippen molar-refractivity contribution in [1.29, 1.82) is 0 Å². The minimum absolute atomic E-state index is 0.163. The van der Waals surface area contributed by atoms with Crippen LogP contribution in [0, 0.1) is 0 Å². The number of hydrogen-bond donors (Lipinski definition) is 1. The van der Waals surface area contributed by atoms with Gasteiger partial charge < -0.3 is 10.5 Å². The van der Waals surface area contributed by atoms with Gasteiger partial charge in [0.05, 0.1) is 18.3 Å². The number of para-hydroxylation sites is 1. The van der Waals surface area contributed by atoms with Gasteiger partial charge in [-0.3, -0.25) is 0 Å². The van der Waals surface area contributed by atoms with Crippen LogP contribution in [0.3, 0.4) is 0 Å². The number of aromatic nitrogens is 3. The van der Waals surface area contributed by atoms with E-state index in [1.165, 1.54) is 0 Å². The van der Waals surface area contributed by atoms with E-state index < -0.39 is 0 Å². The first-order valence-corrected chi connectivity index (χ1v) is 6.45. The molecule has 3 rings (SSSR count). The molecule has 0 unspecified atom stereocenters. The van der Waals surface area contributed by atoms with E-state index in [1.807, 2.05) is 49.4 Å². The molecule has 2 N–H and O–H groups in total. The molecule has 3 aromatic rings. The molecule has 20 heavy (non-hydrogen) atoms. The lowest BCUT2D eigenvalue weighted by Gasteiger charge is -2.16. The van der Waals surface area contributed by atoms with Gasteiger partial charge in [-0.15, -0.1) is 5.10 Å². The van der Waals surface area contributed by atoms with Crippen LogP contribution in [-0.2, 0) is 0 Å². The zero-order valence-electron chi connectivity index (χ0n) is 11.4. The number of nitrogens with two attached hydrogens (primary N) is 1. The molecule has 0 amide bonds. The lowest BCUT2D eigenvalue weighted by molar-refractivity contribution is 0.406. The first kappa shape index (κ1) is 12.6. The summed E-state index contributed by atoms with van der Waals surface area (Å²) in [5, 5.41) is 8.42. The first-order chi connectivity index (χ1) is 9.72. The number of fused-ring (bicyclic) bond motifs is 1. The second-order valence-electron chi connectivity index (χ2n) is 4.67. The van der Waals surface area contributed by atoms with Crippen LogP contribution in [0.2, 0.25) is 0 Å². The van der Waals surface area contributed by atoms with Crippen molar-refractivity contribution in [2.24, 2.45) is 5.73 Å². The van der Waals surface area contributed by atoms with Gasteiger partial charge in [-0.2, -0.15) is 0 Å². The third-order valence-electron chi connectivity index (χ3n) is 3.30. The third-order valence-corrected chi connectivity index (χ3v) is 3.30. The molecule has 2 aromatic carbocycles. The molecule has 102 valence electrons. The summed E-state index contributed by atoms with van der Waals surface area (Å²) in [7, 11) is 1.64. The van der Waals surface area contributed by atoms with Gasteiger partial charge >= 0.3 is 0 Å². The second kappa shape index (κ2) is 4.94. The Morgan fingerprint density at radius 3 is 2.70 bits per heavy atom. The Labute approximate surface area is 117 Å². The van der Waals surface area contributed by atoms with Crippen molar-refractivity contribution in [3.05, 3.63) is 48.0 Å². The predicted octanol–water partition coefficient (Wildman–Crippen LogP) is 2.45. The average molecular weight is 268 g/mol.